The molecule has 22 heavy (non-hydrogen) atoms. The fraction of sp³-hybridized carbons (Fsp3) is 0.0667. The average molecular weight is 306 g/mol. The number of benzene rings is 2. The Labute approximate surface area is 122 Å². The number of non-ortho nitro benzene ring substituents is 1. The Morgan fingerprint density at radius 3 is 2.27 bits per heavy atom. The lowest BCUT2D eigenvalue weighted by molar-refractivity contribution is -0.384. The molecular weight excluding hydrogens is 297 g/mol. The van der Waals surface area contributed by atoms with E-state index in [1.165, 1.54) is 24.3 Å². The maximum Gasteiger partial charge on any atom is 0.416 e. The monoisotopic (exact) mass is 306 g/mol. The minimum atomic E-state index is -4.38. The van der Waals surface area contributed by atoms with E-state index >= 15 is 0 Å². The third-order valence-electron chi connectivity index (χ3n) is 3.36. The quantitative estimate of drug-likeness (QED) is 0.515. The van der Waals surface area contributed by atoms with E-state index in [9.17, 15) is 23.3 Å². The highest BCUT2D eigenvalue weighted by Gasteiger charge is 2.30. The van der Waals surface area contributed by atoms with Crippen LogP contribution in [0.5, 0.6) is 0 Å². The van der Waals surface area contributed by atoms with Gasteiger partial charge in [0.05, 0.1) is 16.0 Å². The summed E-state index contributed by atoms with van der Waals surface area (Å²) in [6.07, 6.45) is -2.71. The largest absolute Gasteiger partial charge is 0.416 e. The maximum atomic E-state index is 12.6. The van der Waals surface area contributed by atoms with Crippen LogP contribution in [0.2, 0.25) is 0 Å². The van der Waals surface area contributed by atoms with Gasteiger partial charge in [-0.25, -0.2) is 0 Å². The zero-order chi connectivity index (χ0) is 15.9. The van der Waals surface area contributed by atoms with Crippen LogP contribution >= 0.6 is 0 Å². The van der Waals surface area contributed by atoms with Gasteiger partial charge < -0.3 is 4.57 Å². The Morgan fingerprint density at radius 1 is 1.00 bits per heavy atom. The smallest absolute Gasteiger partial charge is 0.317 e. The molecule has 0 fully saturated rings. The first kappa shape index (κ1) is 14.1. The molecule has 0 N–H and O–H groups in total. The molecule has 0 aliphatic carbocycles. The van der Waals surface area contributed by atoms with Gasteiger partial charge in [-0.05, 0) is 36.4 Å². The summed E-state index contributed by atoms with van der Waals surface area (Å²) in [5.41, 5.74) is 0.489. The van der Waals surface area contributed by atoms with Crippen LogP contribution in [-0.2, 0) is 6.18 Å². The predicted octanol–water partition coefficient (Wildman–Crippen LogP) is 4.56. The van der Waals surface area contributed by atoms with Crippen molar-refractivity contribution in [2.24, 2.45) is 0 Å². The summed E-state index contributed by atoms with van der Waals surface area (Å²) in [4.78, 5) is 10.3. The van der Waals surface area contributed by atoms with E-state index < -0.39 is 16.7 Å². The number of hydrogen-bond donors (Lipinski definition) is 0. The van der Waals surface area contributed by atoms with E-state index in [0.29, 0.717) is 16.6 Å². The minimum Gasteiger partial charge on any atom is -0.317 e. The molecule has 0 unspecified atom stereocenters. The van der Waals surface area contributed by atoms with Crippen LogP contribution in [0.4, 0.5) is 18.9 Å². The molecule has 0 amide bonds. The van der Waals surface area contributed by atoms with Crippen molar-refractivity contribution >= 4 is 16.6 Å². The van der Waals surface area contributed by atoms with Crippen molar-refractivity contribution in [1.82, 2.24) is 4.57 Å². The molecule has 0 saturated heterocycles. The number of nitrogens with zero attached hydrogens (tertiary/aromatic N) is 2. The number of halogens is 3. The number of alkyl halides is 3. The van der Waals surface area contributed by atoms with Crippen molar-refractivity contribution in [2.75, 3.05) is 0 Å². The van der Waals surface area contributed by atoms with Crippen molar-refractivity contribution in [3.05, 3.63) is 70.4 Å². The lowest BCUT2D eigenvalue weighted by Crippen LogP contribution is -2.04. The van der Waals surface area contributed by atoms with Gasteiger partial charge in [-0.3, -0.25) is 10.1 Å². The Morgan fingerprint density at radius 2 is 1.68 bits per heavy atom. The second kappa shape index (κ2) is 4.87. The SMILES string of the molecule is O=[N+]([O-])c1ccc2c(ccn2-c2ccc(C(F)(F)F)cc2)c1. The third kappa shape index (κ3) is 2.41. The van der Waals surface area contributed by atoms with Gasteiger partial charge in [0.1, 0.15) is 0 Å². The zero-order valence-electron chi connectivity index (χ0n) is 11.0. The van der Waals surface area contributed by atoms with Crippen molar-refractivity contribution in [1.29, 1.82) is 0 Å². The van der Waals surface area contributed by atoms with Gasteiger partial charge in [-0.15, -0.1) is 0 Å². The summed E-state index contributed by atoms with van der Waals surface area (Å²) in [5.74, 6) is 0. The number of aromatic nitrogens is 1. The van der Waals surface area contributed by atoms with E-state index in [1.807, 2.05) is 0 Å². The van der Waals surface area contributed by atoms with Crippen LogP contribution in [-0.4, -0.2) is 9.49 Å². The number of nitro benzene ring substituents is 1. The molecule has 0 aliphatic rings. The molecule has 112 valence electrons. The number of fused-ring (bicyclic) bond motifs is 1. The molecule has 4 nitrogen and oxygen atoms in total. The van der Waals surface area contributed by atoms with Crippen molar-refractivity contribution in [3.8, 4) is 5.69 Å². The number of nitro groups is 1. The van der Waals surface area contributed by atoms with Crippen LogP contribution < -0.4 is 0 Å². The summed E-state index contributed by atoms with van der Waals surface area (Å²) in [7, 11) is 0. The van der Waals surface area contributed by atoms with E-state index in [-0.39, 0.29) is 5.69 Å². The molecule has 1 heterocycles. The fourth-order valence-electron chi connectivity index (χ4n) is 2.28. The summed E-state index contributed by atoms with van der Waals surface area (Å²) in [6, 6.07) is 10.8. The molecule has 0 saturated carbocycles. The lowest BCUT2D eigenvalue weighted by Gasteiger charge is -2.09. The summed E-state index contributed by atoms with van der Waals surface area (Å²) in [5, 5.41) is 11.4. The van der Waals surface area contributed by atoms with E-state index in [2.05, 4.69) is 0 Å². The molecule has 0 spiro atoms. The fourth-order valence-corrected chi connectivity index (χ4v) is 2.28. The van der Waals surface area contributed by atoms with Gasteiger partial charge in [0.25, 0.3) is 5.69 Å². The molecule has 3 aromatic rings. The average Bonchev–Trinajstić information content (AvgIpc) is 2.89. The summed E-state index contributed by atoms with van der Waals surface area (Å²) >= 11 is 0. The first-order valence-corrected chi connectivity index (χ1v) is 6.29. The minimum absolute atomic E-state index is 0.0299. The predicted molar refractivity (Wildman–Crippen MR) is 74.9 cm³/mol. The molecule has 0 bridgehead atoms. The van der Waals surface area contributed by atoms with Crippen molar-refractivity contribution in [3.63, 3.8) is 0 Å². The Balaban J connectivity index is 2.05. The zero-order valence-corrected chi connectivity index (χ0v) is 11.0. The van der Waals surface area contributed by atoms with Gasteiger partial charge in [-0.2, -0.15) is 13.2 Å². The van der Waals surface area contributed by atoms with Crippen LogP contribution in [0.1, 0.15) is 5.56 Å². The standard InChI is InChI=1S/C15H9F3N2O2/c16-15(17,18)11-1-3-12(4-2-11)19-8-7-10-9-13(20(21)22)5-6-14(10)19/h1-9H. The van der Waals surface area contributed by atoms with Crippen molar-refractivity contribution in [2.45, 2.75) is 6.18 Å². The number of rotatable bonds is 2. The summed E-state index contributed by atoms with van der Waals surface area (Å²) in [6.45, 7) is 0. The van der Waals surface area contributed by atoms with Gasteiger partial charge in [-0.1, -0.05) is 0 Å². The van der Waals surface area contributed by atoms with Gasteiger partial charge in [0.15, 0.2) is 0 Å². The Bertz CT molecular complexity index is 851. The molecule has 2 aromatic carbocycles. The van der Waals surface area contributed by atoms with E-state index in [0.717, 1.165) is 12.1 Å². The second-order valence-electron chi connectivity index (χ2n) is 4.73. The molecule has 0 aliphatic heterocycles. The van der Waals surface area contributed by atoms with Crippen LogP contribution in [0, 0.1) is 10.1 Å². The highest BCUT2D eigenvalue weighted by atomic mass is 19.4. The van der Waals surface area contributed by atoms with Crippen LogP contribution in [0.25, 0.3) is 16.6 Å². The van der Waals surface area contributed by atoms with Gasteiger partial charge in [0.2, 0.25) is 0 Å². The van der Waals surface area contributed by atoms with Crippen LogP contribution in [0.3, 0.4) is 0 Å². The first-order valence-electron chi connectivity index (χ1n) is 6.29. The van der Waals surface area contributed by atoms with Gasteiger partial charge >= 0.3 is 6.18 Å². The topological polar surface area (TPSA) is 48.1 Å². The summed E-state index contributed by atoms with van der Waals surface area (Å²) < 4.78 is 39.4. The Hall–Kier alpha value is -2.83. The van der Waals surface area contributed by atoms with E-state index in [1.54, 1.807) is 22.9 Å². The molecule has 0 radical (unpaired) electrons. The maximum absolute atomic E-state index is 12.6. The normalized spacial score (nSPS) is 11.8. The lowest BCUT2D eigenvalue weighted by atomic mass is 10.2. The van der Waals surface area contributed by atoms with Gasteiger partial charge in [0, 0.05) is 29.4 Å². The molecule has 0 atom stereocenters. The highest BCUT2D eigenvalue weighted by Crippen LogP contribution is 2.30. The van der Waals surface area contributed by atoms with Crippen LogP contribution in [0.15, 0.2) is 54.7 Å². The molecule has 7 heteroatoms. The molecule has 3 rings (SSSR count). The molecular formula is C15H9F3N2O2. The second-order valence-corrected chi connectivity index (χ2v) is 4.73. The van der Waals surface area contributed by atoms with Crippen molar-refractivity contribution < 1.29 is 18.1 Å². The first-order chi connectivity index (χ1) is 10.4. The third-order valence-corrected chi connectivity index (χ3v) is 3.36. The highest BCUT2D eigenvalue weighted by molar-refractivity contribution is 5.84. The Kier molecular flexibility index (Phi) is 3.13. The molecule has 1 aromatic heterocycles. The number of hydrogen-bond acceptors (Lipinski definition) is 2. The van der Waals surface area contributed by atoms with E-state index in [4.69, 9.17) is 0 Å².